The zero-order valence-corrected chi connectivity index (χ0v) is 17.9. The number of imide groups is 1. The third-order valence-corrected chi connectivity index (χ3v) is 5.55. The molecule has 1 aliphatic rings. The molecule has 0 aromatic heterocycles. The lowest BCUT2D eigenvalue weighted by atomic mass is 10.2. The molecule has 1 N–H and O–H groups in total. The maximum absolute atomic E-state index is 12.7. The van der Waals surface area contributed by atoms with Crippen molar-refractivity contribution < 1.29 is 19.1 Å². The Morgan fingerprint density at radius 3 is 2.41 bits per heavy atom. The summed E-state index contributed by atoms with van der Waals surface area (Å²) in [6.07, 6.45) is 1.66. The number of benzene rings is 3. The van der Waals surface area contributed by atoms with Crippen molar-refractivity contribution in [3.05, 3.63) is 101 Å². The second-order valence-electron chi connectivity index (χ2n) is 7.03. The van der Waals surface area contributed by atoms with Gasteiger partial charge in [-0.1, -0.05) is 60.7 Å². The van der Waals surface area contributed by atoms with Gasteiger partial charge in [-0.25, -0.2) is 0 Å². The molecule has 1 saturated heterocycles. The Hall–Kier alpha value is -3.84. The van der Waals surface area contributed by atoms with Gasteiger partial charge in [-0.2, -0.15) is 0 Å². The molecule has 32 heavy (non-hydrogen) atoms. The average Bonchev–Trinajstić information content (AvgIpc) is 3.07. The van der Waals surface area contributed by atoms with E-state index in [9.17, 15) is 14.4 Å². The maximum Gasteiger partial charge on any atom is 0.293 e. The minimum Gasteiger partial charge on any atom is -0.484 e. The molecule has 1 aliphatic heterocycles. The standard InChI is InChI=1S/C25H20N2O4S/c28-23(26-20-11-5-2-6-12-20)17-31-21-13-7-10-19(14-21)15-22-24(29)27(25(30)32-22)16-18-8-3-1-4-9-18/h1-15H,16-17H2,(H,26,28)/b22-15-. The van der Waals surface area contributed by atoms with Crippen LogP contribution in [-0.4, -0.2) is 28.6 Å². The summed E-state index contributed by atoms with van der Waals surface area (Å²) in [5.41, 5.74) is 2.29. The lowest BCUT2D eigenvalue weighted by molar-refractivity contribution is -0.123. The lowest BCUT2D eigenvalue weighted by Crippen LogP contribution is -2.27. The van der Waals surface area contributed by atoms with E-state index in [2.05, 4.69) is 5.32 Å². The van der Waals surface area contributed by atoms with E-state index in [-0.39, 0.29) is 30.2 Å². The Morgan fingerprint density at radius 2 is 1.66 bits per heavy atom. The molecule has 0 bridgehead atoms. The summed E-state index contributed by atoms with van der Waals surface area (Å²) < 4.78 is 5.58. The van der Waals surface area contributed by atoms with Crippen molar-refractivity contribution in [3.8, 4) is 5.75 Å². The van der Waals surface area contributed by atoms with Gasteiger partial charge in [0.25, 0.3) is 17.1 Å². The summed E-state index contributed by atoms with van der Waals surface area (Å²) in [5.74, 6) is -0.105. The van der Waals surface area contributed by atoms with Crippen LogP contribution < -0.4 is 10.1 Å². The quantitative estimate of drug-likeness (QED) is 0.523. The number of para-hydroxylation sites is 1. The zero-order chi connectivity index (χ0) is 22.3. The highest BCUT2D eigenvalue weighted by Crippen LogP contribution is 2.33. The Labute approximate surface area is 189 Å². The van der Waals surface area contributed by atoms with E-state index in [0.29, 0.717) is 21.9 Å². The molecular weight excluding hydrogens is 424 g/mol. The third kappa shape index (κ3) is 5.44. The summed E-state index contributed by atoms with van der Waals surface area (Å²) in [6.45, 7) is 0.0917. The number of ether oxygens (including phenoxy) is 1. The predicted molar refractivity (Wildman–Crippen MR) is 125 cm³/mol. The van der Waals surface area contributed by atoms with Crippen molar-refractivity contribution in [1.82, 2.24) is 4.90 Å². The molecule has 0 aliphatic carbocycles. The van der Waals surface area contributed by atoms with Crippen molar-refractivity contribution in [1.29, 1.82) is 0 Å². The fourth-order valence-electron chi connectivity index (χ4n) is 3.12. The van der Waals surface area contributed by atoms with Crippen LogP contribution in [0.25, 0.3) is 6.08 Å². The highest BCUT2D eigenvalue weighted by molar-refractivity contribution is 8.18. The number of hydrogen-bond donors (Lipinski definition) is 1. The van der Waals surface area contributed by atoms with E-state index in [1.807, 2.05) is 54.6 Å². The van der Waals surface area contributed by atoms with Gasteiger partial charge in [0.15, 0.2) is 6.61 Å². The Morgan fingerprint density at radius 1 is 0.938 bits per heavy atom. The van der Waals surface area contributed by atoms with Crippen LogP contribution in [0.15, 0.2) is 89.8 Å². The van der Waals surface area contributed by atoms with Crippen molar-refractivity contribution in [2.24, 2.45) is 0 Å². The molecule has 0 radical (unpaired) electrons. The maximum atomic E-state index is 12.7. The largest absolute Gasteiger partial charge is 0.484 e. The lowest BCUT2D eigenvalue weighted by Gasteiger charge is -2.12. The second-order valence-corrected chi connectivity index (χ2v) is 8.02. The highest BCUT2D eigenvalue weighted by atomic mass is 32.2. The molecule has 0 spiro atoms. The van der Waals surface area contributed by atoms with Gasteiger partial charge in [0, 0.05) is 5.69 Å². The van der Waals surface area contributed by atoms with E-state index in [4.69, 9.17) is 4.74 Å². The van der Waals surface area contributed by atoms with Gasteiger partial charge in [0.2, 0.25) is 0 Å². The van der Waals surface area contributed by atoms with Gasteiger partial charge < -0.3 is 10.1 Å². The summed E-state index contributed by atoms with van der Waals surface area (Å²) >= 11 is 0.915. The predicted octanol–water partition coefficient (Wildman–Crippen LogP) is 4.94. The van der Waals surface area contributed by atoms with Crippen LogP contribution in [0.5, 0.6) is 5.75 Å². The molecule has 7 heteroatoms. The van der Waals surface area contributed by atoms with Crippen LogP contribution in [0, 0.1) is 0 Å². The first-order valence-electron chi connectivity index (χ1n) is 9.95. The van der Waals surface area contributed by atoms with Gasteiger partial charge in [-0.15, -0.1) is 0 Å². The van der Waals surface area contributed by atoms with E-state index in [1.165, 1.54) is 4.90 Å². The van der Waals surface area contributed by atoms with Crippen LogP contribution >= 0.6 is 11.8 Å². The number of amides is 3. The van der Waals surface area contributed by atoms with E-state index in [0.717, 1.165) is 17.3 Å². The van der Waals surface area contributed by atoms with Gasteiger partial charge in [-0.05, 0) is 53.2 Å². The molecule has 160 valence electrons. The number of thioether (sulfide) groups is 1. The first-order valence-corrected chi connectivity index (χ1v) is 10.8. The minimum absolute atomic E-state index is 0.147. The fraction of sp³-hybridized carbons (Fsp3) is 0.0800. The van der Waals surface area contributed by atoms with Crippen LogP contribution in [0.2, 0.25) is 0 Å². The van der Waals surface area contributed by atoms with E-state index in [1.54, 1.807) is 36.4 Å². The zero-order valence-electron chi connectivity index (χ0n) is 17.1. The summed E-state index contributed by atoms with van der Waals surface area (Å²) in [6, 6.07) is 25.5. The van der Waals surface area contributed by atoms with Crippen LogP contribution in [0.3, 0.4) is 0 Å². The number of rotatable bonds is 7. The Bertz CT molecular complexity index is 1160. The van der Waals surface area contributed by atoms with Gasteiger partial charge >= 0.3 is 0 Å². The number of nitrogens with zero attached hydrogens (tertiary/aromatic N) is 1. The number of anilines is 1. The minimum atomic E-state index is -0.322. The molecule has 1 fully saturated rings. The molecule has 3 amide bonds. The summed E-state index contributed by atoms with van der Waals surface area (Å²) in [7, 11) is 0. The van der Waals surface area contributed by atoms with Crippen LogP contribution in [-0.2, 0) is 16.1 Å². The van der Waals surface area contributed by atoms with Crippen molar-refractivity contribution in [2.75, 3.05) is 11.9 Å². The molecule has 3 aromatic carbocycles. The smallest absolute Gasteiger partial charge is 0.293 e. The number of carbonyl (C=O) groups excluding carboxylic acids is 3. The molecule has 6 nitrogen and oxygen atoms in total. The fourth-order valence-corrected chi connectivity index (χ4v) is 3.95. The van der Waals surface area contributed by atoms with Crippen molar-refractivity contribution in [2.45, 2.75) is 6.54 Å². The van der Waals surface area contributed by atoms with E-state index >= 15 is 0 Å². The Balaban J connectivity index is 1.39. The third-order valence-electron chi connectivity index (χ3n) is 4.64. The number of nitrogens with one attached hydrogen (secondary N) is 1. The molecule has 0 saturated carbocycles. The summed E-state index contributed by atoms with van der Waals surface area (Å²) in [4.78, 5) is 38.7. The molecule has 0 unspecified atom stereocenters. The summed E-state index contributed by atoms with van der Waals surface area (Å²) in [5, 5.41) is 2.46. The van der Waals surface area contributed by atoms with Gasteiger partial charge in [0.1, 0.15) is 5.75 Å². The monoisotopic (exact) mass is 444 g/mol. The molecule has 0 atom stereocenters. The van der Waals surface area contributed by atoms with Crippen LogP contribution in [0.1, 0.15) is 11.1 Å². The van der Waals surface area contributed by atoms with Crippen molar-refractivity contribution in [3.63, 3.8) is 0 Å². The average molecular weight is 445 g/mol. The first-order chi connectivity index (χ1) is 15.6. The number of hydrogen-bond acceptors (Lipinski definition) is 5. The molecule has 3 aromatic rings. The second kappa shape index (κ2) is 9.98. The molecular formula is C25H20N2O4S. The van der Waals surface area contributed by atoms with Crippen molar-refractivity contribution >= 4 is 40.6 Å². The molecule has 1 heterocycles. The molecule has 4 rings (SSSR count). The van der Waals surface area contributed by atoms with Gasteiger partial charge in [-0.3, -0.25) is 19.3 Å². The number of carbonyl (C=O) groups is 3. The van der Waals surface area contributed by atoms with Gasteiger partial charge in [0.05, 0.1) is 11.4 Å². The Kier molecular flexibility index (Phi) is 6.67. The SMILES string of the molecule is O=C(COc1cccc(/C=C2\SC(=O)N(Cc3ccccc3)C2=O)c1)Nc1ccccc1. The highest BCUT2D eigenvalue weighted by Gasteiger charge is 2.34. The first kappa shape index (κ1) is 21.4. The van der Waals surface area contributed by atoms with E-state index < -0.39 is 0 Å². The topological polar surface area (TPSA) is 75.7 Å². The van der Waals surface area contributed by atoms with Crippen LogP contribution in [0.4, 0.5) is 10.5 Å². The normalized spacial score (nSPS) is 14.6.